The number of hydrogen-bond donors (Lipinski definition) is 2. The Kier molecular flexibility index (Phi) is 5.21. The lowest BCUT2D eigenvalue weighted by Crippen LogP contribution is -2.68. The van der Waals surface area contributed by atoms with Gasteiger partial charge in [0.25, 0.3) is 0 Å². The van der Waals surface area contributed by atoms with E-state index in [0.29, 0.717) is 11.5 Å². The number of fused-ring (bicyclic) bond motifs is 1. The minimum atomic E-state index is -1.08. The zero-order chi connectivity index (χ0) is 16.6. The van der Waals surface area contributed by atoms with E-state index in [1.54, 1.807) is 11.8 Å². The maximum absolute atomic E-state index is 11.9. The lowest BCUT2D eigenvalue weighted by atomic mass is 10.0. The summed E-state index contributed by atoms with van der Waals surface area (Å²) in [4.78, 5) is 24.7. The van der Waals surface area contributed by atoms with E-state index in [1.807, 2.05) is 6.92 Å². The summed E-state index contributed by atoms with van der Waals surface area (Å²) < 4.78 is 1.71. The van der Waals surface area contributed by atoms with Crippen LogP contribution >= 0.6 is 46.6 Å². The largest absolute Gasteiger partial charge is 0.477 e. The van der Waals surface area contributed by atoms with E-state index in [9.17, 15) is 14.7 Å². The minimum absolute atomic E-state index is 0.0839. The molecule has 0 bridgehead atoms. The molecule has 2 aliphatic rings. The molecule has 1 aromatic rings. The van der Waals surface area contributed by atoms with Crippen molar-refractivity contribution in [1.29, 1.82) is 0 Å². The summed E-state index contributed by atoms with van der Waals surface area (Å²) in [5.74, 6) is 0.575. The Hall–Kier alpha value is -0.750. The molecule has 1 amide bonds. The second-order valence-corrected chi connectivity index (χ2v) is 9.56. The van der Waals surface area contributed by atoms with Crippen LogP contribution in [0.25, 0.3) is 0 Å². The Morgan fingerprint density at radius 2 is 2.13 bits per heavy atom. The lowest BCUT2D eigenvalue weighted by Gasteiger charge is -2.48. The van der Waals surface area contributed by atoms with Gasteiger partial charge in [0.1, 0.15) is 17.1 Å². The van der Waals surface area contributed by atoms with Crippen LogP contribution in [0.2, 0.25) is 0 Å². The van der Waals surface area contributed by atoms with Crippen molar-refractivity contribution in [1.82, 2.24) is 15.1 Å². The topological polar surface area (TPSA) is 109 Å². The maximum atomic E-state index is 11.9. The number of carbonyl (C=O) groups is 2. The zero-order valence-corrected chi connectivity index (χ0v) is 15.4. The third-order valence-electron chi connectivity index (χ3n) is 3.32. The summed E-state index contributed by atoms with van der Waals surface area (Å²) in [7, 11) is 0. The predicted molar refractivity (Wildman–Crippen MR) is 92.8 cm³/mol. The van der Waals surface area contributed by atoms with Crippen LogP contribution in [-0.2, 0) is 9.59 Å². The third-order valence-corrected chi connectivity index (χ3v) is 7.84. The summed E-state index contributed by atoms with van der Waals surface area (Å²) in [6.07, 6.45) is 0. The van der Waals surface area contributed by atoms with Gasteiger partial charge in [-0.1, -0.05) is 41.8 Å². The van der Waals surface area contributed by atoms with E-state index in [0.717, 1.165) is 20.0 Å². The molecule has 124 valence electrons. The van der Waals surface area contributed by atoms with Crippen molar-refractivity contribution in [3.8, 4) is 0 Å². The molecule has 1 fully saturated rings. The third kappa shape index (κ3) is 3.25. The van der Waals surface area contributed by atoms with Crippen molar-refractivity contribution in [3.05, 3.63) is 11.3 Å². The number of β-lactam (4-membered cyclic amide) rings is 1. The second-order valence-electron chi connectivity index (χ2n) is 4.75. The van der Waals surface area contributed by atoms with Crippen molar-refractivity contribution in [2.24, 2.45) is 5.73 Å². The Bertz CT molecular complexity index is 677. The van der Waals surface area contributed by atoms with E-state index < -0.39 is 12.0 Å². The number of amides is 1. The summed E-state index contributed by atoms with van der Waals surface area (Å²) in [6, 6.07) is -0.597. The molecule has 0 saturated carbocycles. The lowest BCUT2D eigenvalue weighted by molar-refractivity contribution is -0.147. The highest BCUT2D eigenvalue weighted by Crippen LogP contribution is 2.41. The molecule has 23 heavy (non-hydrogen) atoms. The molecule has 3 N–H and O–H groups in total. The number of aromatic nitrogens is 2. The van der Waals surface area contributed by atoms with Gasteiger partial charge in [-0.2, -0.15) is 0 Å². The molecule has 0 spiro atoms. The highest BCUT2D eigenvalue weighted by atomic mass is 32.2. The molecule has 3 rings (SSSR count). The summed E-state index contributed by atoms with van der Waals surface area (Å²) in [6.45, 7) is 2.05. The first-order valence-corrected chi connectivity index (χ1v) is 10.6. The van der Waals surface area contributed by atoms with Gasteiger partial charge < -0.3 is 10.8 Å². The van der Waals surface area contributed by atoms with Crippen LogP contribution in [-0.4, -0.2) is 60.8 Å². The van der Waals surface area contributed by atoms with E-state index in [4.69, 9.17) is 5.73 Å². The Labute approximate surface area is 149 Å². The molecule has 1 unspecified atom stereocenters. The fraction of sp³-hybridized carbons (Fsp3) is 0.500. The SMILES string of the molecule is CCSc1nnc(SCC2=C(C(=O)O)N3C(=O)C(N)[C@H]3SC2)s1. The van der Waals surface area contributed by atoms with Crippen LogP contribution in [0.1, 0.15) is 6.92 Å². The molecule has 0 radical (unpaired) electrons. The Morgan fingerprint density at radius 3 is 2.78 bits per heavy atom. The average molecular weight is 391 g/mol. The van der Waals surface area contributed by atoms with Gasteiger partial charge in [-0.3, -0.25) is 9.69 Å². The summed E-state index contributed by atoms with van der Waals surface area (Å²) in [5.41, 5.74) is 6.54. The molecule has 7 nitrogen and oxygen atoms in total. The normalized spacial score (nSPS) is 23.7. The van der Waals surface area contributed by atoms with E-state index in [2.05, 4.69) is 10.2 Å². The number of hydrogen-bond acceptors (Lipinski definition) is 9. The molecule has 11 heteroatoms. The number of carboxylic acids is 1. The predicted octanol–water partition coefficient (Wildman–Crippen LogP) is 1.32. The molecule has 0 aromatic carbocycles. The average Bonchev–Trinajstić information content (AvgIpc) is 2.99. The monoisotopic (exact) mass is 390 g/mol. The molecule has 3 heterocycles. The van der Waals surface area contributed by atoms with Gasteiger partial charge in [-0.15, -0.1) is 22.0 Å². The fourth-order valence-electron chi connectivity index (χ4n) is 2.28. The number of rotatable bonds is 6. The van der Waals surface area contributed by atoms with Crippen LogP contribution < -0.4 is 5.73 Å². The number of aliphatic carboxylic acids is 1. The van der Waals surface area contributed by atoms with E-state index >= 15 is 0 Å². The zero-order valence-electron chi connectivity index (χ0n) is 12.1. The van der Waals surface area contributed by atoms with Crippen LogP contribution in [0.15, 0.2) is 19.9 Å². The van der Waals surface area contributed by atoms with Crippen molar-refractivity contribution >= 4 is 58.5 Å². The van der Waals surface area contributed by atoms with Crippen LogP contribution in [0, 0.1) is 0 Å². The van der Waals surface area contributed by atoms with Crippen molar-refractivity contribution in [2.75, 3.05) is 17.3 Å². The van der Waals surface area contributed by atoms with Gasteiger partial charge in [-0.05, 0) is 11.3 Å². The van der Waals surface area contributed by atoms with E-state index in [-0.39, 0.29) is 17.0 Å². The van der Waals surface area contributed by atoms with Crippen molar-refractivity contribution in [2.45, 2.75) is 27.0 Å². The number of nitrogens with two attached hydrogens (primary N) is 1. The van der Waals surface area contributed by atoms with Crippen LogP contribution in [0.5, 0.6) is 0 Å². The number of carboxylic acid groups (broad SMARTS) is 1. The smallest absolute Gasteiger partial charge is 0.352 e. The van der Waals surface area contributed by atoms with Crippen molar-refractivity contribution in [3.63, 3.8) is 0 Å². The van der Waals surface area contributed by atoms with Gasteiger partial charge in [-0.25, -0.2) is 4.79 Å². The highest BCUT2D eigenvalue weighted by Gasteiger charge is 2.51. The first-order chi connectivity index (χ1) is 11.0. The number of nitrogens with zero attached hydrogens (tertiary/aromatic N) is 3. The first kappa shape index (κ1) is 17.1. The maximum Gasteiger partial charge on any atom is 0.352 e. The standard InChI is InChI=1S/C12H14N4O3S4/c1-2-20-11-14-15-12(23-11)22-4-5-3-21-9-6(13)8(17)16(9)7(5)10(18)19/h6,9H,2-4,13H2,1H3,(H,18,19)/t6?,9-/m1/s1. The fourth-order valence-corrected chi connectivity index (χ4v) is 6.63. The van der Waals surface area contributed by atoms with Crippen LogP contribution in [0.4, 0.5) is 0 Å². The molecule has 0 aliphatic carbocycles. The van der Waals surface area contributed by atoms with Gasteiger partial charge in [0, 0.05) is 11.5 Å². The van der Waals surface area contributed by atoms with Crippen LogP contribution in [0.3, 0.4) is 0 Å². The summed E-state index contributed by atoms with van der Waals surface area (Å²) in [5, 5.41) is 17.4. The molecule has 1 saturated heterocycles. The summed E-state index contributed by atoms with van der Waals surface area (Å²) >= 11 is 6.09. The van der Waals surface area contributed by atoms with E-state index in [1.165, 1.54) is 39.8 Å². The number of carbonyl (C=O) groups excluding carboxylic acids is 1. The van der Waals surface area contributed by atoms with Gasteiger partial charge in [0.05, 0.1) is 0 Å². The minimum Gasteiger partial charge on any atom is -0.477 e. The van der Waals surface area contributed by atoms with Crippen molar-refractivity contribution < 1.29 is 14.7 Å². The van der Waals surface area contributed by atoms with Gasteiger partial charge in [0.2, 0.25) is 5.91 Å². The Morgan fingerprint density at radius 1 is 1.43 bits per heavy atom. The molecular weight excluding hydrogens is 376 g/mol. The highest BCUT2D eigenvalue weighted by molar-refractivity contribution is 8.03. The quantitative estimate of drug-likeness (QED) is 0.549. The van der Waals surface area contributed by atoms with Gasteiger partial charge in [0.15, 0.2) is 8.68 Å². The Balaban J connectivity index is 1.74. The molecule has 1 aromatic heterocycles. The molecule has 2 atom stereocenters. The van der Waals surface area contributed by atoms with Gasteiger partial charge >= 0.3 is 5.97 Å². The second kappa shape index (κ2) is 7.01. The molecule has 2 aliphatic heterocycles. The molecular formula is C12H14N4O3S4. The first-order valence-electron chi connectivity index (χ1n) is 6.77. The number of thioether (sulfide) groups is 3.